The lowest BCUT2D eigenvalue weighted by Crippen LogP contribution is -2.42. The largest absolute Gasteiger partial charge is 0.497 e. The van der Waals surface area contributed by atoms with Crippen molar-refractivity contribution < 1.29 is 23.8 Å². The average Bonchev–Trinajstić information content (AvgIpc) is 2.92. The van der Waals surface area contributed by atoms with Gasteiger partial charge in [-0.25, -0.2) is 14.2 Å². The van der Waals surface area contributed by atoms with Crippen molar-refractivity contribution in [2.45, 2.75) is 39.2 Å². The van der Waals surface area contributed by atoms with Crippen LogP contribution in [0.5, 0.6) is 5.75 Å². The van der Waals surface area contributed by atoms with Gasteiger partial charge in [0.05, 0.1) is 7.11 Å². The Kier molecular flexibility index (Phi) is 9.01. The van der Waals surface area contributed by atoms with Crippen LogP contribution in [0.3, 0.4) is 0 Å². The van der Waals surface area contributed by atoms with E-state index in [1.54, 1.807) is 27.2 Å². The van der Waals surface area contributed by atoms with E-state index in [1.807, 2.05) is 36.4 Å². The second-order valence-electron chi connectivity index (χ2n) is 10.0. The lowest BCUT2D eigenvalue weighted by Gasteiger charge is -2.34. The van der Waals surface area contributed by atoms with Gasteiger partial charge in [-0.05, 0) is 79.6 Å². The molecule has 4 rings (SSSR count). The van der Waals surface area contributed by atoms with E-state index in [9.17, 15) is 19.1 Å². The summed E-state index contributed by atoms with van der Waals surface area (Å²) in [5.74, 6) is 0.0648. The third kappa shape index (κ3) is 7.25. The Morgan fingerprint density at radius 1 is 1.10 bits per heavy atom. The molecular formula is C30H35FN4O4. The number of anilines is 2. The van der Waals surface area contributed by atoms with Crippen molar-refractivity contribution in [3.05, 3.63) is 82.8 Å². The van der Waals surface area contributed by atoms with E-state index in [0.29, 0.717) is 22.6 Å². The minimum Gasteiger partial charge on any atom is -0.497 e. The zero-order chi connectivity index (χ0) is 27.9. The van der Waals surface area contributed by atoms with E-state index in [0.717, 1.165) is 55.3 Å². The number of nitrogens with zero attached hydrogens (tertiary/aromatic N) is 2. The second kappa shape index (κ2) is 12.6. The number of methoxy groups -OCH3 is 1. The third-order valence-corrected chi connectivity index (χ3v) is 7.22. The molecule has 1 aliphatic heterocycles. The Bertz CT molecular complexity index is 1280. The molecule has 2 aromatic carbocycles. The van der Waals surface area contributed by atoms with Crippen LogP contribution in [0.4, 0.5) is 15.9 Å². The molecule has 8 nitrogen and oxygen atoms in total. The maximum absolute atomic E-state index is 13.6. The number of carboxylic acid groups (broad SMARTS) is 1. The first-order valence-corrected chi connectivity index (χ1v) is 13.1. The van der Waals surface area contributed by atoms with Crippen molar-refractivity contribution in [2.75, 3.05) is 37.0 Å². The number of halogens is 1. The molecule has 1 saturated heterocycles. The molecule has 0 spiro atoms. The molecule has 2 heterocycles. The average molecular weight is 535 g/mol. The van der Waals surface area contributed by atoms with Gasteiger partial charge < -0.3 is 25.4 Å². The number of hydrogen-bond donors (Lipinski definition) is 3. The number of pyridine rings is 1. The highest BCUT2D eigenvalue weighted by Gasteiger charge is 2.24. The summed E-state index contributed by atoms with van der Waals surface area (Å²) in [5.41, 5.74) is 3.14. The molecule has 1 fully saturated rings. The number of carbonyl (C=O) groups excluding carboxylic acids is 1. The second-order valence-corrected chi connectivity index (χ2v) is 10.0. The molecule has 0 radical (unpaired) electrons. The lowest BCUT2D eigenvalue weighted by molar-refractivity contribution is -0.139. The fraction of sp³-hybridized carbons (Fsp3) is 0.367. The van der Waals surface area contributed by atoms with Gasteiger partial charge in [0.25, 0.3) is 5.91 Å². The Morgan fingerprint density at radius 2 is 1.77 bits per heavy atom. The van der Waals surface area contributed by atoms with E-state index < -0.39 is 23.7 Å². The number of aryl methyl sites for hydroxylation is 2. The van der Waals surface area contributed by atoms with Crippen LogP contribution in [-0.4, -0.2) is 54.8 Å². The van der Waals surface area contributed by atoms with Crippen molar-refractivity contribution in [1.82, 2.24) is 10.3 Å². The van der Waals surface area contributed by atoms with Gasteiger partial charge >= 0.3 is 5.97 Å². The van der Waals surface area contributed by atoms with Gasteiger partial charge in [0, 0.05) is 49.6 Å². The molecule has 1 atom stereocenters. The Labute approximate surface area is 228 Å². The molecular weight excluding hydrogens is 499 g/mol. The monoisotopic (exact) mass is 534 g/mol. The summed E-state index contributed by atoms with van der Waals surface area (Å²) < 4.78 is 18.9. The molecule has 0 saturated carbocycles. The van der Waals surface area contributed by atoms with Crippen molar-refractivity contribution in [3.63, 3.8) is 0 Å². The molecule has 0 aliphatic carbocycles. The topological polar surface area (TPSA) is 104 Å². The Morgan fingerprint density at radius 3 is 2.38 bits per heavy atom. The summed E-state index contributed by atoms with van der Waals surface area (Å²) in [6.45, 7) is 5.99. The maximum Gasteiger partial charge on any atom is 0.326 e. The molecule has 0 bridgehead atoms. The standard InChI is InChI=1S/C30H35FN4O4/c1-19-14-23(31)15-20(2)28(19)29(36)34-26(30(37)38)16-21-4-6-24(7-5-21)35-12-9-22(10-13-35)18-33-27-17-25(39-3)8-11-32-27/h4-8,11,14-15,17,22,26H,9-10,12-13,16,18H2,1-3H3,(H,32,33)(H,34,36)(H,37,38). The van der Waals surface area contributed by atoms with Crippen molar-refractivity contribution in [3.8, 4) is 5.75 Å². The zero-order valence-electron chi connectivity index (χ0n) is 22.5. The minimum absolute atomic E-state index is 0.146. The molecule has 1 aromatic heterocycles. The predicted molar refractivity (Wildman–Crippen MR) is 149 cm³/mol. The number of piperidine rings is 1. The number of rotatable bonds is 10. The lowest BCUT2D eigenvalue weighted by atomic mass is 9.96. The molecule has 1 unspecified atom stereocenters. The minimum atomic E-state index is -1.12. The number of carboxylic acids is 1. The molecule has 3 N–H and O–H groups in total. The fourth-order valence-electron chi connectivity index (χ4n) is 5.06. The number of benzene rings is 2. The van der Waals surface area contributed by atoms with Crippen LogP contribution < -0.4 is 20.3 Å². The summed E-state index contributed by atoms with van der Waals surface area (Å²) >= 11 is 0. The normalized spacial score (nSPS) is 14.5. The van der Waals surface area contributed by atoms with E-state index in [2.05, 4.69) is 20.5 Å². The van der Waals surface area contributed by atoms with Gasteiger partial charge in [-0.15, -0.1) is 0 Å². The highest BCUT2D eigenvalue weighted by Crippen LogP contribution is 2.25. The van der Waals surface area contributed by atoms with Crippen LogP contribution in [0.15, 0.2) is 54.7 Å². The van der Waals surface area contributed by atoms with Gasteiger partial charge in [0.2, 0.25) is 0 Å². The molecule has 9 heteroatoms. The summed E-state index contributed by atoms with van der Waals surface area (Å²) in [7, 11) is 1.64. The van der Waals surface area contributed by atoms with Crippen molar-refractivity contribution >= 4 is 23.4 Å². The number of amides is 1. The predicted octanol–water partition coefficient (Wildman–Crippen LogP) is 4.60. The van der Waals surface area contributed by atoms with E-state index >= 15 is 0 Å². The number of nitrogens with one attached hydrogen (secondary N) is 2. The van der Waals surface area contributed by atoms with E-state index in [4.69, 9.17) is 4.74 Å². The third-order valence-electron chi connectivity index (χ3n) is 7.22. The fourth-order valence-corrected chi connectivity index (χ4v) is 5.06. The number of aliphatic carboxylic acids is 1. The van der Waals surface area contributed by atoms with Crippen molar-refractivity contribution in [2.24, 2.45) is 5.92 Å². The van der Waals surface area contributed by atoms with Gasteiger partial charge in [-0.1, -0.05) is 12.1 Å². The Balaban J connectivity index is 1.30. The summed E-state index contributed by atoms with van der Waals surface area (Å²) in [6.07, 6.45) is 3.97. The van der Waals surface area contributed by atoms with Gasteiger partial charge in [0.15, 0.2) is 0 Å². The van der Waals surface area contributed by atoms with Crippen LogP contribution in [0.1, 0.15) is 39.9 Å². The SMILES string of the molecule is COc1ccnc(NCC2CCN(c3ccc(CC(NC(=O)c4c(C)cc(F)cc4C)C(=O)O)cc3)CC2)c1. The first-order chi connectivity index (χ1) is 18.7. The summed E-state index contributed by atoms with van der Waals surface area (Å²) in [4.78, 5) is 31.4. The first kappa shape index (κ1) is 27.9. The number of aromatic nitrogens is 1. The first-order valence-electron chi connectivity index (χ1n) is 13.1. The van der Waals surface area contributed by atoms with Crippen LogP contribution in [0, 0.1) is 25.6 Å². The number of ether oxygens (including phenoxy) is 1. The maximum atomic E-state index is 13.6. The molecule has 1 amide bonds. The summed E-state index contributed by atoms with van der Waals surface area (Å²) in [5, 5.41) is 15.8. The quantitative estimate of drug-likeness (QED) is 0.349. The van der Waals surface area contributed by atoms with E-state index in [-0.39, 0.29) is 6.42 Å². The van der Waals surface area contributed by atoms with Crippen LogP contribution in [0.2, 0.25) is 0 Å². The van der Waals surface area contributed by atoms with Crippen LogP contribution in [0.25, 0.3) is 0 Å². The van der Waals surface area contributed by atoms with Crippen molar-refractivity contribution in [1.29, 1.82) is 0 Å². The van der Waals surface area contributed by atoms with Gasteiger partial charge in [0.1, 0.15) is 23.4 Å². The van der Waals surface area contributed by atoms with Gasteiger partial charge in [-0.2, -0.15) is 0 Å². The highest BCUT2D eigenvalue weighted by molar-refractivity contribution is 5.99. The molecule has 206 valence electrons. The van der Waals surface area contributed by atoms with E-state index in [1.165, 1.54) is 12.1 Å². The van der Waals surface area contributed by atoms with Gasteiger partial charge in [-0.3, -0.25) is 4.79 Å². The number of carbonyl (C=O) groups is 2. The highest BCUT2D eigenvalue weighted by atomic mass is 19.1. The molecule has 39 heavy (non-hydrogen) atoms. The van der Waals surface area contributed by atoms with Crippen LogP contribution >= 0.6 is 0 Å². The Hall–Kier alpha value is -4.14. The smallest absolute Gasteiger partial charge is 0.326 e. The molecule has 1 aliphatic rings. The summed E-state index contributed by atoms with van der Waals surface area (Å²) in [6, 6.07) is 13.0. The van der Waals surface area contributed by atoms with Crippen LogP contribution in [-0.2, 0) is 11.2 Å². The molecule has 3 aromatic rings. The zero-order valence-corrected chi connectivity index (χ0v) is 22.5. The number of hydrogen-bond acceptors (Lipinski definition) is 6.